The van der Waals surface area contributed by atoms with Crippen LogP contribution in [0.2, 0.25) is 0 Å². The number of halogens is 1. The van der Waals surface area contributed by atoms with E-state index in [2.05, 4.69) is 0 Å². The molecule has 1 amide bonds. The number of aliphatic hydroxyl groups is 1. The average molecular weight is 293 g/mol. The first-order chi connectivity index (χ1) is 10.2. The molecule has 1 fully saturated rings. The van der Waals surface area contributed by atoms with Gasteiger partial charge in [-0.2, -0.15) is 0 Å². The molecule has 4 nitrogen and oxygen atoms in total. The maximum absolute atomic E-state index is 13.3. The first-order valence-electron chi connectivity index (χ1n) is 7.48. The molecule has 2 aliphatic heterocycles. The van der Waals surface area contributed by atoms with E-state index < -0.39 is 0 Å². The number of rotatable bonds is 2. The molecule has 1 unspecified atom stereocenters. The van der Waals surface area contributed by atoms with Gasteiger partial charge in [-0.15, -0.1) is 0 Å². The van der Waals surface area contributed by atoms with Crippen LogP contribution in [0.15, 0.2) is 18.2 Å². The highest BCUT2D eigenvalue weighted by Gasteiger charge is 2.31. The third kappa shape index (κ3) is 3.02. The zero-order valence-corrected chi connectivity index (χ0v) is 11.9. The Morgan fingerprint density at radius 2 is 2.14 bits per heavy atom. The molecule has 2 aliphatic rings. The topological polar surface area (TPSA) is 49.8 Å². The minimum atomic E-state index is -0.297. The van der Waals surface area contributed by atoms with Crippen LogP contribution in [-0.2, 0) is 11.2 Å². The zero-order chi connectivity index (χ0) is 14.8. The minimum Gasteiger partial charge on any atom is -0.492 e. The van der Waals surface area contributed by atoms with Crippen LogP contribution in [0.25, 0.3) is 0 Å². The fraction of sp³-hybridized carbons (Fsp3) is 0.562. The number of benzene rings is 1. The summed E-state index contributed by atoms with van der Waals surface area (Å²) in [4.78, 5) is 14.4. The zero-order valence-electron chi connectivity index (χ0n) is 11.9. The summed E-state index contributed by atoms with van der Waals surface area (Å²) in [5, 5.41) is 9.14. The van der Waals surface area contributed by atoms with Gasteiger partial charge in [0.25, 0.3) is 0 Å². The van der Waals surface area contributed by atoms with E-state index in [-0.39, 0.29) is 24.2 Å². The number of carbonyl (C=O) groups excluding carboxylic acids is 1. The molecule has 5 heteroatoms. The summed E-state index contributed by atoms with van der Waals surface area (Å²) in [5.41, 5.74) is 0.768. The van der Waals surface area contributed by atoms with Crippen molar-refractivity contribution in [2.75, 3.05) is 26.3 Å². The lowest BCUT2D eigenvalue weighted by atomic mass is 9.93. The van der Waals surface area contributed by atoms with Gasteiger partial charge in [-0.25, -0.2) is 4.39 Å². The van der Waals surface area contributed by atoms with Gasteiger partial charge in [-0.1, -0.05) is 0 Å². The largest absolute Gasteiger partial charge is 0.492 e. The molecule has 1 saturated heterocycles. The van der Waals surface area contributed by atoms with Crippen molar-refractivity contribution in [3.05, 3.63) is 29.6 Å². The van der Waals surface area contributed by atoms with E-state index in [4.69, 9.17) is 9.84 Å². The second kappa shape index (κ2) is 6.02. The van der Waals surface area contributed by atoms with Gasteiger partial charge in [0.2, 0.25) is 5.91 Å². The number of amides is 1. The highest BCUT2D eigenvalue weighted by molar-refractivity contribution is 5.80. The normalized spacial score (nSPS) is 22.6. The van der Waals surface area contributed by atoms with Gasteiger partial charge >= 0.3 is 0 Å². The first-order valence-corrected chi connectivity index (χ1v) is 7.48. The number of carbonyl (C=O) groups is 1. The Morgan fingerprint density at radius 1 is 1.38 bits per heavy atom. The molecule has 0 bridgehead atoms. The predicted octanol–water partition coefficient (Wildman–Crippen LogP) is 1.61. The SMILES string of the molecule is O=C(C1COc2ccc(F)cc2C1)N1CCC(CO)CC1. The van der Waals surface area contributed by atoms with Crippen LogP contribution in [0, 0.1) is 17.7 Å². The van der Waals surface area contributed by atoms with E-state index in [9.17, 15) is 9.18 Å². The molecule has 2 heterocycles. The van der Waals surface area contributed by atoms with Crippen molar-refractivity contribution < 1.29 is 19.0 Å². The Balaban J connectivity index is 1.64. The lowest BCUT2D eigenvalue weighted by molar-refractivity contribution is -0.138. The fourth-order valence-electron chi connectivity index (χ4n) is 3.12. The van der Waals surface area contributed by atoms with Gasteiger partial charge in [-0.05, 0) is 48.9 Å². The lowest BCUT2D eigenvalue weighted by Crippen LogP contribution is -2.45. The number of aliphatic hydroxyl groups excluding tert-OH is 1. The average Bonchev–Trinajstić information content (AvgIpc) is 2.53. The van der Waals surface area contributed by atoms with Crippen molar-refractivity contribution in [1.82, 2.24) is 4.90 Å². The van der Waals surface area contributed by atoms with E-state index in [1.807, 2.05) is 4.90 Å². The van der Waals surface area contributed by atoms with Crippen LogP contribution in [0.3, 0.4) is 0 Å². The van der Waals surface area contributed by atoms with Crippen molar-refractivity contribution in [2.45, 2.75) is 19.3 Å². The van der Waals surface area contributed by atoms with E-state index >= 15 is 0 Å². The Bertz CT molecular complexity index is 526. The van der Waals surface area contributed by atoms with Gasteiger partial charge in [0, 0.05) is 19.7 Å². The number of hydrogen-bond acceptors (Lipinski definition) is 3. The molecule has 0 saturated carbocycles. The van der Waals surface area contributed by atoms with Crippen molar-refractivity contribution in [1.29, 1.82) is 0 Å². The minimum absolute atomic E-state index is 0.0845. The maximum Gasteiger partial charge on any atom is 0.229 e. The lowest BCUT2D eigenvalue weighted by Gasteiger charge is -2.35. The standard InChI is InChI=1S/C16H20FNO3/c17-14-1-2-15-12(8-14)7-13(10-21-15)16(20)18-5-3-11(9-19)4-6-18/h1-2,8,11,13,19H,3-7,9-10H2. The van der Waals surface area contributed by atoms with Crippen molar-refractivity contribution in [3.63, 3.8) is 0 Å². The number of piperidine rings is 1. The summed E-state index contributed by atoms with van der Waals surface area (Å²) < 4.78 is 18.9. The molecule has 0 aromatic heterocycles. The quantitative estimate of drug-likeness (QED) is 0.901. The smallest absolute Gasteiger partial charge is 0.229 e. The molecule has 1 atom stereocenters. The summed E-state index contributed by atoms with van der Waals surface area (Å²) in [7, 11) is 0. The van der Waals surface area contributed by atoms with Crippen LogP contribution in [0.5, 0.6) is 5.75 Å². The van der Waals surface area contributed by atoms with Crippen LogP contribution in [-0.4, -0.2) is 42.2 Å². The molecule has 1 aromatic carbocycles. The second-order valence-corrected chi connectivity index (χ2v) is 5.92. The molecule has 114 valence electrons. The number of likely N-dealkylation sites (tertiary alicyclic amines) is 1. The third-order valence-corrected chi connectivity index (χ3v) is 4.46. The van der Waals surface area contributed by atoms with E-state index in [1.165, 1.54) is 12.1 Å². The number of ether oxygens (including phenoxy) is 1. The molecule has 0 aliphatic carbocycles. The molecular weight excluding hydrogens is 273 g/mol. The highest BCUT2D eigenvalue weighted by atomic mass is 19.1. The van der Waals surface area contributed by atoms with E-state index in [0.717, 1.165) is 18.4 Å². The summed E-state index contributed by atoms with van der Waals surface area (Å²) in [6, 6.07) is 4.45. The van der Waals surface area contributed by atoms with Crippen molar-refractivity contribution in [3.8, 4) is 5.75 Å². The third-order valence-electron chi connectivity index (χ3n) is 4.46. The second-order valence-electron chi connectivity index (χ2n) is 5.92. The molecular formula is C16H20FNO3. The number of nitrogens with zero attached hydrogens (tertiary/aromatic N) is 1. The summed E-state index contributed by atoms with van der Waals surface area (Å²) >= 11 is 0. The van der Waals surface area contributed by atoms with Gasteiger partial charge in [-0.3, -0.25) is 4.79 Å². The summed E-state index contributed by atoms with van der Waals surface area (Å²) in [6.07, 6.45) is 2.23. The maximum atomic E-state index is 13.3. The first kappa shape index (κ1) is 14.3. The highest BCUT2D eigenvalue weighted by Crippen LogP contribution is 2.29. The fourth-order valence-corrected chi connectivity index (χ4v) is 3.12. The van der Waals surface area contributed by atoms with Gasteiger partial charge < -0.3 is 14.7 Å². The predicted molar refractivity (Wildman–Crippen MR) is 75.5 cm³/mol. The molecule has 0 radical (unpaired) electrons. The summed E-state index contributed by atoms with van der Waals surface area (Å²) in [5.74, 6) is 0.548. The van der Waals surface area contributed by atoms with E-state index in [0.29, 0.717) is 37.8 Å². The van der Waals surface area contributed by atoms with Crippen LogP contribution in [0.1, 0.15) is 18.4 Å². The molecule has 1 aromatic rings. The monoisotopic (exact) mass is 293 g/mol. The number of fused-ring (bicyclic) bond motifs is 1. The van der Waals surface area contributed by atoms with Crippen molar-refractivity contribution in [2.24, 2.45) is 11.8 Å². The van der Waals surface area contributed by atoms with Crippen LogP contribution < -0.4 is 4.74 Å². The van der Waals surface area contributed by atoms with Gasteiger partial charge in [0.1, 0.15) is 18.2 Å². The van der Waals surface area contributed by atoms with Crippen molar-refractivity contribution >= 4 is 5.91 Å². The molecule has 1 N–H and O–H groups in total. The Kier molecular flexibility index (Phi) is 4.10. The Labute approximate surface area is 123 Å². The molecule has 3 rings (SSSR count). The van der Waals surface area contributed by atoms with Crippen LogP contribution >= 0.6 is 0 Å². The number of hydrogen-bond donors (Lipinski definition) is 1. The van der Waals surface area contributed by atoms with Gasteiger partial charge in [0.15, 0.2) is 0 Å². The van der Waals surface area contributed by atoms with Gasteiger partial charge in [0.05, 0.1) is 5.92 Å². The Hall–Kier alpha value is -1.62. The Morgan fingerprint density at radius 3 is 2.86 bits per heavy atom. The molecule has 0 spiro atoms. The van der Waals surface area contributed by atoms with E-state index in [1.54, 1.807) is 6.07 Å². The summed E-state index contributed by atoms with van der Waals surface area (Å²) in [6.45, 7) is 1.94. The van der Waals surface area contributed by atoms with Crippen LogP contribution in [0.4, 0.5) is 4.39 Å². The molecule has 21 heavy (non-hydrogen) atoms.